The molecule has 0 saturated heterocycles. The molecule has 1 aromatic heterocycles. The highest BCUT2D eigenvalue weighted by atomic mass is 35.5. The van der Waals surface area contributed by atoms with Crippen molar-refractivity contribution in [3.8, 4) is 0 Å². The molecule has 0 unspecified atom stereocenters. The summed E-state index contributed by atoms with van der Waals surface area (Å²) in [6, 6.07) is 15.4. The first-order valence-corrected chi connectivity index (χ1v) is 9.44. The zero-order valence-electron chi connectivity index (χ0n) is 14.2. The van der Waals surface area contributed by atoms with Crippen molar-refractivity contribution in [3.05, 3.63) is 64.7 Å². The summed E-state index contributed by atoms with van der Waals surface area (Å²) in [7, 11) is 0. The zero-order valence-corrected chi connectivity index (χ0v) is 15.7. The van der Waals surface area contributed by atoms with Gasteiger partial charge >= 0.3 is 0 Å². The van der Waals surface area contributed by atoms with Crippen LogP contribution in [0.25, 0.3) is 10.9 Å². The Morgan fingerprint density at radius 2 is 1.88 bits per heavy atom. The number of para-hydroxylation sites is 1. The summed E-state index contributed by atoms with van der Waals surface area (Å²) in [5.41, 5.74) is 4.18. The van der Waals surface area contributed by atoms with E-state index in [0.29, 0.717) is 17.2 Å². The number of halogens is 1. The lowest BCUT2D eigenvalue weighted by atomic mass is 10.1. The van der Waals surface area contributed by atoms with Crippen molar-refractivity contribution in [1.29, 1.82) is 0 Å². The van der Waals surface area contributed by atoms with Crippen molar-refractivity contribution >= 4 is 45.9 Å². The number of carbonyl (C=O) groups excluding carboxylic acids is 1. The van der Waals surface area contributed by atoms with Crippen LogP contribution in [0.3, 0.4) is 0 Å². The van der Waals surface area contributed by atoms with E-state index in [4.69, 9.17) is 16.6 Å². The molecule has 1 amide bonds. The van der Waals surface area contributed by atoms with Gasteiger partial charge in [-0.1, -0.05) is 29.8 Å². The Bertz CT molecular complexity index is 909. The van der Waals surface area contributed by atoms with Gasteiger partial charge in [0.2, 0.25) is 5.91 Å². The summed E-state index contributed by atoms with van der Waals surface area (Å²) in [4.78, 5) is 16.8. The second kappa shape index (κ2) is 7.89. The van der Waals surface area contributed by atoms with Crippen LogP contribution in [0.5, 0.6) is 0 Å². The SMILES string of the molecule is Cc1cc(SCCC(=O)Nc2ccc(Cl)cc2)nc2c(C)cccc12. The molecule has 0 radical (unpaired) electrons. The van der Waals surface area contributed by atoms with Crippen LogP contribution in [0.1, 0.15) is 17.5 Å². The number of benzene rings is 2. The van der Waals surface area contributed by atoms with Crippen LogP contribution < -0.4 is 5.32 Å². The molecular weight excluding hydrogens is 352 g/mol. The number of pyridine rings is 1. The van der Waals surface area contributed by atoms with Gasteiger partial charge in [0.25, 0.3) is 0 Å². The molecule has 0 bridgehead atoms. The summed E-state index contributed by atoms with van der Waals surface area (Å²) < 4.78 is 0. The van der Waals surface area contributed by atoms with E-state index in [0.717, 1.165) is 16.2 Å². The fourth-order valence-corrected chi connectivity index (χ4v) is 3.65. The highest BCUT2D eigenvalue weighted by Gasteiger charge is 2.07. The fourth-order valence-electron chi connectivity index (χ4n) is 2.61. The highest BCUT2D eigenvalue weighted by Crippen LogP contribution is 2.26. The minimum Gasteiger partial charge on any atom is -0.326 e. The molecular formula is C20H19ClN2OS. The van der Waals surface area contributed by atoms with Crippen molar-refractivity contribution in [2.75, 3.05) is 11.1 Å². The quantitative estimate of drug-likeness (QED) is 0.592. The van der Waals surface area contributed by atoms with Crippen molar-refractivity contribution in [2.45, 2.75) is 25.3 Å². The summed E-state index contributed by atoms with van der Waals surface area (Å²) in [5.74, 6) is 0.673. The molecule has 128 valence electrons. The molecule has 0 aliphatic heterocycles. The van der Waals surface area contributed by atoms with Crippen LogP contribution in [0.4, 0.5) is 5.69 Å². The molecule has 25 heavy (non-hydrogen) atoms. The van der Waals surface area contributed by atoms with Gasteiger partial charge in [-0.15, -0.1) is 11.8 Å². The smallest absolute Gasteiger partial charge is 0.225 e. The maximum absolute atomic E-state index is 12.0. The van der Waals surface area contributed by atoms with Crippen LogP contribution in [-0.4, -0.2) is 16.6 Å². The van der Waals surface area contributed by atoms with Gasteiger partial charge in [0.05, 0.1) is 10.5 Å². The molecule has 3 nitrogen and oxygen atoms in total. The lowest BCUT2D eigenvalue weighted by Crippen LogP contribution is -2.12. The highest BCUT2D eigenvalue weighted by molar-refractivity contribution is 7.99. The summed E-state index contributed by atoms with van der Waals surface area (Å²) in [6.45, 7) is 4.17. The lowest BCUT2D eigenvalue weighted by molar-refractivity contribution is -0.115. The van der Waals surface area contributed by atoms with Crippen LogP contribution in [0.15, 0.2) is 53.6 Å². The maximum atomic E-state index is 12.0. The van der Waals surface area contributed by atoms with Crippen molar-refractivity contribution in [3.63, 3.8) is 0 Å². The molecule has 1 N–H and O–H groups in total. The zero-order chi connectivity index (χ0) is 17.8. The summed E-state index contributed by atoms with van der Waals surface area (Å²) >= 11 is 7.45. The number of anilines is 1. The third-order valence-electron chi connectivity index (χ3n) is 3.93. The molecule has 3 aromatic rings. The number of nitrogens with one attached hydrogen (secondary N) is 1. The standard InChI is InChI=1S/C20H19ClN2OS/c1-13-4-3-5-17-14(2)12-19(23-20(13)17)25-11-10-18(24)22-16-8-6-15(21)7-9-16/h3-9,12H,10-11H2,1-2H3,(H,22,24). The van der Waals surface area contributed by atoms with Gasteiger partial charge in [0.1, 0.15) is 0 Å². The van der Waals surface area contributed by atoms with Crippen molar-refractivity contribution in [1.82, 2.24) is 4.98 Å². The van der Waals surface area contributed by atoms with E-state index in [9.17, 15) is 4.79 Å². The van der Waals surface area contributed by atoms with E-state index in [1.54, 1.807) is 36.0 Å². The van der Waals surface area contributed by atoms with E-state index in [2.05, 4.69) is 43.4 Å². The average Bonchev–Trinajstić information content (AvgIpc) is 2.58. The van der Waals surface area contributed by atoms with Crippen LogP contribution >= 0.6 is 23.4 Å². The van der Waals surface area contributed by atoms with Gasteiger partial charge < -0.3 is 5.32 Å². The second-order valence-electron chi connectivity index (χ2n) is 5.90. The van der Waals surface area contributed by atoms with E-state index in [1.807, 2.05) is 0 Å². The number of fused-ring (bicyclic) bond motifs is 1. The Morgan fingerprint density at radius 3 is 2.64 bits per heavy atom. The number of amides is 1. The number of aryl methyl sites for hydroxylation is 2. The monoisotopic (exact) mass is 370 g/mol. The molecule has 0 aliphatic carbocycles. The Kier molecular flexibility index (Phi) is 5.61. The second-order valence-corrected chi connectivity index (χ2v) is 7.45. The predicted octanol–water partition coefficient (Wildman–Crippen LogP) is 5.63. The number of rotatable bonds is 5. The average molecular weight is 371 g/mol. The number of hydrogen-bond donors (Lipinski definition) is 1. The largest absolute Gasteiger partial charge is 0.326 e. The summed E-state index contributed by atoms with van der Waals surface area (Å²) in [6.07, 6.45) is 0.430. The molecule has 1 heterocycles. The molecule has 0 fully saturated rings. The molecule has 3 rings (SSSR count). The van der Waals surface area contributed by atoms with E-state index in [-0.39, 0.29) is 5.91 Å². The number of thioether (sulfide) groups is 1. The van der Waals surface area contributed by atoms with Crippen molar-refractivity contribution < 1.29 is 4.79 Å². The van der Waals surface area contributed by atoms with Crippen molar-refractivity contribution in [2.24, 2.45) is 0 Å². The first kappa shape index (κ1) is 17.8. The van der Waals surface area contributed by atoms with Gasteiger partial charge in [0.15, 0.2) is 0 Å². The van der Waals surface area contributed by atoms with Gasteiger partial charge in [-0.2, -0.15) is 0 Å². The summed E-state index contributed by atoms with van der Waals surface area (Å²) in [5, 5.41) is 5.67. The molecule has 0 saturated carbocycles. The first-order valence-electron chi connectivity index (χ1n) is 8.08. The Labute approximate surface area is 156 Å². The van der Waals surface area contributed by atoms with Crippen LogP contribution in [0.2, 0.25) is 5.02 Å². The van der Waals surface area contributed by atoms with E-state index in [1.165, 1.54) is 16.5 Å². The van der Waals surface area contributed by atoms with Gasteiger partial charge in [-0.3, -0.25) is 4.79 Å². The predicted molar refractivity (Wildman–Crippen MR) is 107 cm³/mol. The Balaban J connectivity index is 1.60. The number of carbonyl (C=O) groups is 1. The number of nitrogens with zero attached hydrogens (tertiary/aromatic N) is 1. The Hall–Kier alpha value is -2.04. The third-order valence-corrected chi connectivity index (χ3v) is 5.10. The lowest BCUT2D eigenvalue weighted by Gasteiger charge is -2.08. The minimum absolute atomic E-state index is 0.0106. The first-order chi connectivity index (χ1) is 12.0. The normalized spacial score (nSPS) is 10.8. The van der Waals surface area contributed by atoms with Gasteiger partial charge in [-0.05, 0) is 55.3 Å². The molecule has 2 aromatic carbocycles. The molecule has 0 aliphatic rings. The molecule has 0 spiro atoms. The van der Waals surface area contributed by atoms with Crippen LogP contribution in [-0.2, 0) is 4.79 Å². The fraction of sp³-hybridized carbons (Fsp3) is 0.200. The van der Waals surface area contributed by atoms with Crippen LogP contribution in [0, 0.1) is 13.8 Å². The van der Waals surface area contributed by atoms with Gasteiger partial charge in [0, 0.05) is 28.3 Å². The molecule has 0 atom stereocenters. The van der Waals surface area contributed by atoms with E-state index < -0.39 is 0 Å². The maximum Gasteiger partial charge on any atom is 0.225 e. The topological polar surface area (TPSA) is 42.0 Å². The Morgan fingerprint density at radius 1 is 1.12 bits per heavy atom. The van der Waals surface area contributed by atoms with Gasteiger partial charge in [-0.25, -0.2) is 4.98 Å². The van der Waals surface area contributed by atoms with E-state index >= 15 is 0 Å². The number of aromatic nitrogens is 1. The number of hydrogen-bond acceptors (Lipinski definition) is 3. The third kappa shape index (κ3) is 4.53. The minimum atomic E-state index is -0.0106. The molecule has 5 heteroatoms.